The highest BCUT2D eigenvalue weighted by molar-refractivity contribution is 7.80. The molecule has 4 aromatic carbocycles. The molecule has 5 rings (SSSR count). The van der Waals surface area contributed by atoms with Gasteiger partial charge in [0.05, 0.1) is 23.4 Å². The maximum atomic E-state index is 13.0. The van der Waals surface area contributed by atoms with Crippen LogP contribution in [-0.4, -0.2) is 23.1 Å². The normalized spacial score (nSPS) is 11.2. The Morgan fingerprint density at radius 2 is 1.78 bits per heavy atom. The van der Waals surface area contributed by atoms with Gasteiger partial charge in [-0.3, -0.25) is 10.1 Å². The number of anilines is 1. The van der Waals surface area contributed by atoms with E-state index in [-0.39, 0.29) is 5.11 Å². The van der Waals surface area contributed by atoms with E-state index in [9.17, 15) is 4.79 Å². The number of ether oxygens (including phenoxy) is 1. The number of carbonyl (C=O) groups is 1. The lowest BCUT2D eigenvalue weighted by Gasteiger charge is -2.14. The molecule has 0 unspecified atom stereocenters. The average molecular weight is 530 g/mol. The van der Waals surface area contributed by atoms with E-state index in [0.717, 1.165) is 21.9 Å². The number of oxazole rings is 1. The molecule has 0 saturated heterocycles. The summed E-state index contributed by atoms with van der Waals surface area (Å²) in [5.41, 5.74) is 4.29. The van der Waals surface area contributed by atoms with Crippen molar-refractivity contribution in [1.29, 1.82) is 0 Å². The highest BCUT2D eigenvalue weighted by Crippen LogP contribution is 2.32. The van der Waals surface area contributed by atoms with Crippen LogP contribution in [0, 0.1) is 0 Å². The molecule has 6 nitrogen and oxygen atoms in total. The summed E-state index contributed by atoms with van der Waals surface area (Å²) < 4.78 is 11.4. The van der Waals surface area contributed by atoms with Crippen molar-refractivity contribution in [2.45, 2.75) is 19.8 Å². The summed E-state index contributed by atoms with van der Waals surface area (Å²) in [4.78, 5) is 17.7. The van der Waals surface area contributed by atoms with Gasteiger partial charge in [0.15, 0.2) is 10.7 Å². The SMILES string of the molecule is COc1cc2ccccc2cc1C(=O)NC(=S)Nc1cc(-c2nc3cc(C(C)C)ccc3o2)ccc1Cl. The number of carbonyl (C=O) groups excluding carboxylic acids is 1. The Bertz CT molecular complexity index is 1660. The Morgan fingerprint density at radius 3 is 2.51 bits per heavy atom. The van der Waals surface area contributed by atoms with E-state index >= 15 is 0 Å². The zero-order valence-corrected chi connectivity index (χ0v) is 22.0. The number of amides is 1. The standard InChI is InChI=1S/C29H24ClN3O3S/c1-16(2)17-9-11-25-24(13-17)31-28(36-25)20-8-10-22(30)23(14-20)32-29(37)33-27(34)21-12-18-6-4-5-7-19(18)15-26(21)35-3/h4-16H,1-3H3,(H2,32,33,34,37). The van der Waals surface area contributed by atoms with Crippen LogP contribution >= 0.6 is 23.8 Å². The first-order chi connectivity index (χ1) is 17.8. The molecule has 0 radical (unpaired) electrons. The van der Waals surface area contributed by atoms with Gasteiger partial charge < -0.3 is 14.5 Å². The first-order valence-corrected chi connectivity index (χ1v) is 12.5. The van der Waals surface area contributed by atoms with Crippen LogP contribution in [0.3, 0.4) is 0 Å². The highest BCUT2D eigenvalue weighted by Gasteiger charge is 2.17. The summed E-state index contributed by atoms with van der Waals surface area (Å²) in [7, 11) is 1.53. The second kappa shape index (κ2) is 10.2. The van der Waals surface area contributed by atoms with Crippen LogP contribution < -0.4 is 15.4 Å². The van der Waals surface area contributed by atoms with E-state index < -0.39 is 5.91 Å². The van der Waals surface area contributed by atoms with E-state index in [2.05, 4.69) is 29.5 Å². The van der Waals surface area contributed by atoms with Gasteiger partial charge in [-0.05, 0) is 76.9 Å². The average Bonchev–Trinajstić information content (AvgIpc) is 3.32. The Morgan fingerprint density at radius 1 is 1.03 bits per heavy atom. The minimum atomic E-state index is -0.396. The van der Waals surface area contributed by atoms with Crippen LogP contribution in [0.4, 0.5) is 5.69 Å². The molecular weight excluding hydrogens is 506 g/mol. The minimum Gasteiger partial charge on any atom is -0.496 e. The van der Waals surface area contributed by atoms with Crippen LogP contribution in [0.25, 0.3) is 33.3 Å². The summed E-state index contributed by atoms with van der Waals surface area (Å²) in [5, 5.41) is 8.14. The Labute approximate surface area is 224 Å². The van der Waals surface area contributed by atoms with Crippen molar-refractivity contribution in [1.82, 2.24) is 10.3 Å². The molecule has 37 heavy (non-hydrogen) atoms. The molecule has 186 valence electrons. The third-order valence-electron chi connectivity index (χ3n) is 6.08. The zero-order valence-electron chi connectivity index (χ0n) is 20.5. The number of nitrogens with one attached hydrogen (secondary N) is 2. The predicted molar refractivity (Wildman–Crippen MR) is 153 cm³/mol. The number of methoxy groups -OCH3 is 1. The van der Waals surface area contributed by atoms with Gasteiger partial charge in [-0.1, -0.05) is 55.8 Å². The second-order valence-electron chi connectivity index (χ2n) is 8.90. The van der Waals surface area contributed by atoms with E-state index in [1.807, 2.05) is 54.6 Å². The molecule has 1 heterocycles. The number of thiocarbonyl (C=S) groups is 1. The van der Waals surface area contributed by atoms with Crippen molar-refractivity contribution < 1.29 is 13.9 Å². The molecule has 0 aliphatic rings. The van der Waals surface area contributed by atoms with Gasteiger partial charge in [0.2, 0.25) is 5.89 Å². The van der Waals surface area contributed by atoms with Crippen LogP contribution in [0.15, 0.2) is 77.2 Å². The molecule has 8 heteroatoms. The van der Waals surface area contributed by atoms with Crippen molar-refractivity contribution in [2.75, 3.05) is 12.4 Å². The summed E-state index contributed by atoms with van der Waals surface area (Å²) in [6.45, 7) is 4.27. The lowest BCUT2D eigenvalue weighted by molar-refractivity contribution is 0.0975. The van der Waals surface area contributed by atoms with Crippen molar-refractivity contribution in [3.63, 3.8) is 0 Å². The molecule has 0 aliphatic carbocycles. The van der Waals surface area contributed by atoms with Crippen molar-refractivity contribution >= 4 is 62.4 Å². The van der Waals surface area contributed by atoms with Crippen LogP contribution in [0.2, 0.25) is 5.02 Å². The molecule has 0 spiro atoms. The Hall–Kier alpha value is -3.94. The third-order valence-corrected chi connectivity index (χ3v) is 6.61. The molecule has 5 aromatic rings. The van der Waals surface area contributed by atoms with Gasteiger partial charge in [-0.2, -0.15) is 0 Å². The van der Waals surface area contributed by atoms with E-state index in [1.165, 1.54) is 12.7 Å². The maximum Gasteiger partial charge on any atom is 0.261 e. The van der Waals surface area contributed by atoms with Gasteiger partial charge in [-0.25, -0.2) is 4.98 Å². The topological polar surface area (TPSA) is 76.4 Å². The molecule has 0 bridgehead atoms. The van der Waals surface area contributed by atoms with Crippen LogP contribution in [0.5, 0.6) is 5.75 Å². The molecule has 2 N–H and O–H groups in total. The quantitative estimate of drug-likeness (QED) is 0.229. The highest BCUT2D eigenvalue weighted by atomic mass is 35.5. The molecule has 1 aromatic heterocycles. The number of rotatable bonds is 5. The number of nitrogens with zero attached hydrogens (tertiary/aromatic N) is 1. The van der Waals surface area contributed by atoms with Crippen molar-refractivity contribution in [3.05, 3.63) is 88.9 Å². The second-order valence-corrected chi connectivity index (χ2v) is 9.72. The lowest BCUT2D eigenvalue weighted by Crippen LogP contribution is -2.34. The molecule has 0 saturated carbocycles. The van der Waals surface area contributed by atoms with Gasteiger partial charge in [-0.15, -0.1) is 0 Å². The predicted octanol–water partition coefficient (Wildman–Crippen LogP) is 7.56. The molecule has 0 aliphatic heterocycles. The van der Waals surface area contributed by atoms with Crippen molar-refractivity contribution in [2.24, 2.45) is 0 Å². The maximum absolute atomic E-state index is 13.0. The number of hydrogen-bond acceptors (Lipinski definition) is 5. The fraction of sp³-hybridized carbons (Fsp3) is 0.138. The largest absolute Gasteiger partial charge is 0.496 e. The van der Waals surface area contributed by atoms with E-state index in [1.54, 1.807) is 18.2 Å². The fourth-order valence-corrected chi connectivity index (χ4v) is 4.44. The number of halogens is 1. The Balaban J connectivity index is 1.36. The van der Waals surface area contributed by atoms with E-state index in [4.69, 9.17) is 33.0 Å². The summed E-state index contributed by atoms with van der Waals surface area (Å²) in [6.07, 6.45) is 0. The minimum absolute atomic E-state index is 0.0957. The number of aromatic nitrogens is 1. The molecular formula is C29H24ClN3O3S. The Kier molecular flexibility index (Phi) is 6.82. The van der Waals surface area contributed by atoms with Crippen LogP contribution in [0.1, 0.15) is 35.7 Å². The van der Waals surface area contributed by atoms with Gasteiger partial charge in [0, 0.05) is 5.56 Å². The van der Waals surface area contributed by atoms with Crippen molar-refractivity contribution in [3.8, 4) is 17.2 Å². The molecule has 1 amide bonds. The van der Waals surface area contributed by atoms with Crippen LogP contribution in [-0.2, 0) is 0 Å². The summed E-state index contributed by atoms with van der Waals surface area (Å²) >= 11 is 11.8. The number of hydrogen-bond donors (Lipinski definition) is 2. The molecule has 0 atom stereocenters. The van der Waals surface area contributed by atoms with E-state index in [0.29, 0.717) is 39.4 Å². The number of benzene rings is 4. The molecule has 0 fully saturated rings. The summed E-state index contributed by atoms with van der Waals surface area (Å²) in [5.74, 6) is 0.913. The van der Waals surface area contributed by atoms with Gasteiger partial charge in [0.1, 0.15) is 11.3 Å². The third kappa shape index (κ3) is 5.14. The monoisotopic (exact) mass is 529 g/mol. The van der Waals surface area contributed by atoms with Gasteiger partial charge in [0.25, 0.3) is 5.91 Å². The first-order valence-electron chi connectivity index (χ1n) is 11.7. The summed E-state index contributed by atoms with van der Waals surface area (Å²) in [6, 6.07) is 22.7. The number of fused-ring (bicyclic) bond motifs is 2. The lowest BCUT2D eigenvalue weighted by atomic mass is 10.0. The van der Waals surface area contributed by atoms with Gasteiger partial charge >= 0.3 is 0 Å². The first kappa shape index (κ1) is 24.7. The zero-order chi connectivity index (χ0) is 26.1. The fourth-order valence-electron chi connectivity index (χ4n) is 4.07. The smallest absolute Gasteiger partial charge is 0.261 e.